The molecular formula is C10H12ClN3OS. The van der Waals surface area contributed by atoms with E-state index in [4.69, 9.17) is 29.6 Å². The second-order valence-electron chi connectivity index (χ2n) is 3.19. The Morgan fingerprint density at radius 3 is 2.94 bits per heavy atom. The SMILES string of the molecule is CCC(C(=O)Nc1ncccc1Cl)C(N)=S. The molecule has 16 heavy (non-hydrogen) atoms. The molecule has 0 aliphatic heterocycles. The number of pyridine rings is 1. The summed E-state index contributed by atoms with van der Waals surface area (Å²) in [6.07, 6.45) is 2.09. The van der Waals surface area contributed by atoms with E-state index in [1.54, 1.807) is 18.3 Å². The zero-order chi connectivity index (χ0) is 12.1. The molecule has 3 N–H and O–H groups in total. The van der Waals surface area contributed by atoms with Crippen LogP contribution in [0.25, 0.3) is 0 Å². The summed E-state index contributed by atoms with van der Waals surface area (Å²) < 4.78 is 0. The van der Waals surface area contributed by atoms with Crippen LogP contribution >= 0.6 is 23.8 Å². The van der Waals surface area contributed by atoms with Crippen molar-refractivity contribution in [3.8, 4) is 0 Å². The second-order valence-corrected chi connectivity index (χ2v) is 4.06. The van der Waals surface area contributed by atoms with Crippen molar-refractivity contribution in [1.82, 2.24) is 4.98 Å². The summed E-state index contributed by atoms with van der Waals surface area (Å²) in [5, 5.41) is 2.98. The third kappa shape index (κ3) is 3.15. The summed E-state index contributed by atoms with van der Waals surface area (Å²) in [7, 11) is 0. The van der Waals surface area contributed by atoms with E-state index in [1.165, 1.54) is 0 Å². The first kappa shape index (κ1) is 12.9. The molecule has 0 bridgehead atoms. The molecule has 1 atom stereocenters. The average Bonchev–Trinajstić information content (AvgIpc) is 2.22. The fourth-order valence-corrected chi connectivity index (χ4v) is 1.64. The summed E-state index contributed by atoms with van der Waals surface area (Å²) in [6.45, 7) is 1.84. The largest absolute Gasteiger partial charge is 0.393 e. The number of halogens is 1. The average molecular weight is 258 g/mol. The molecule has 1 heterocycles. The topological polar surface area (TPSA) is 68.0 Å². The summed E-state index contributed by atoms with van der Waals surface area (Å²) in [5.41, 5.74) is 5.46. The van der Waals surface area contributed by atoms with Crippen LogP contribution in [0.15, 0.2) is 18.3 Å². The van der Waals surface area contributed by atoms with Gasteiger partial charge in [0.2, 0.25) is 5.91 Å². The van der Waals surface area contributed by atoms with E-state index in [1.807, 2.05) is 6.92 Å². The maximum Gasteiger partial charge on any atom is 0.235 e. The lowest BCUT2D eigenvalue weighted by Gasteiger charge is -2.13. The highest BCUT2D eigenvalue weighted by molar-refractivity contribution is 7.80. The second kappa shape index (κ2) is 5.77. The Kier molecular flexibility index (Phi) is 4.64. The van der Waals surface area contributed by atoms with Crippen LogP contribution in [0.4, 0.5) is 5.82 Å². The Labute approximate surface area is 104 Å². The summed E-state index contributed by atoms with van der Waals surface area (Å²) in [4.78, 5) is 15.9. The predicted molar refractivity (Wildman–Crippen MR) is 68.4 cm³/mol. The van der Waals surface area contributed by atoms with Gasteiger partial charge in [-0.2, -0.15) is 0 Å². The third-order valence-electron chi connectivity index (χ3n) is 2.07. The number of thiocarbonyl (C=S) groups is 1. The van der Waals surface area contributed by atoms with Crippen molar-refractivity contribution < 1.29 is 4.79 Å². The molecule has 6 heteroatoms. The molecule has 0 aromatic carbocycles. The molecular weight excluding hydrogens is 246 g/mol. The summed E-state index contributed by atoms with van der Waals surface area (Å²) in [6, 6.07) is 3.33. The maximum atomic E-state index is 11.8. The molecule has 86 valence electrons. The van der Waals surface area contributed by atoms with Gasteiger partial charge in [-0.3, -0.25) is 4.79 Å². The fourth-order valence-electron chi connectivity index (χ4n) is 1.20. The monoisotopic (exact) mass is 257 g/mol. The van der Waals surface area contributed by atoms with Crippen LogP contribution in [0.3, 0.4) is 0 Å². The molecule has 0 fully saturated rings. The minimum Gasteiger partial charge on any atom is -0.393 e. The third-order valence-corrected chi connectivity index (χ3v) is 2.66. The minimum atomic E-state index is -0.493. The van der Waals surface area contributed by atoms with E-state index in [9.17, 15) is 4.79 Å². The highest BCUT2D eigenvalue weighted by Crippen LogP contribution is 2.18. The molecule has 1 rings (SSSR count). The van der Waals surface area contributed by atoms with Crippen molar-refractivity contribution in [2.24, 2.45) is 11.7 Å². The van der Waals surface area contributed by atoms with Crippen molar-refractivity contribution in [2.75, 3.05) is 5.32 Å². The fraction of sp³-hybridized carbons (Fsp3) is 0.300. The Morgan fingerprint density at radius 2 is 2.44 bits per heavy atom. The first-order valence-electron chi connectivity index (χ1n) is 4.77. The van der Waals surface area contributed by atoms with Gasteiger partial charge in [0.25, 0.3) is 0 Å². The molecule has 0 aliphatic carbocycles. The molecule has 0 spiro atoms. The number of hydrogen-bond donors (Lipinski definition) is 2. The van der Waals surface area contributed by atoms with Gasteiger partial charge in [0.1, 0.15) is 0 Å². The number of aromatic nitrogens is 1. The van der Waals surface area contributed by atoms with E-state index < -0.39 is 5.92 Å². The Morgan fingerprint density at radius 1 is 1.75 bits per heavy atom. The van der Waals surface area contributed by atoms with Crippen LogP contribution in [0, 0.1) is 5.92 Å². The number of carbonyl (C=O) groups is 1. The lowest BCUT2D eigenvalue weighted by atomic mass is 10.1. The van der Waals surface area contributed by atoms with Crippen LogP contribution in [-0.2, 0) is 4.79 Å². The number of anilines is 1. The van der Waals surface area contributed by atoms with Gasteiger partial charge >= 0.3 is 0 Å². The number of rotatable bonds is 4. The van der Waals surface area contributed by atoms with Crippen molar-refractivity contribution in [2.45, 2.75) is 13.3 Å². The Hall–Kier alpha value is -1.20. The van der Waals surface area contributed by atoms with Gasteiger partial charge in [-0.15, -0.1) is 0 Å². The van der Waals surface area contributed by atoms with Gasteiger partial charge < -0.3 is 11.1 Å². The number of nitrogens with one attached hydrogen (secondary N) is 1. The first-order chi connectivity index (χ1) is 7.56. The minimum absolute atomic E-state index is 0.173. The van der Waals surface area contributed by atoms with Crippen molar-refractivity contribution in [1.29, 1.82) is 0 Å². The number of carbonyl (C=O) groups excluding carboxylic acids is 1. The van der Waals surface area contributed by atoms with Crippen LogP contribution in [0.2, 0.25) is 5.02 Å². The number of nitrogens with two attached hydrogens (primary N) is 1. The standard InChI is InChI=1S/C10H12ClN3OS/c1-2-6(8(12)16)10(15)14-9-7(11)4-3-5-13-9/h3-6H,2H2,1H3,(H2,12,16)(H,13,14,15). The van der Waals surface area contributed by atoms with Crippen LogP contribution in [0.1, 0.15) is 13.3 Å². The summed E-state index contributed by atoms with van der Waals surface area (Å²) in [5.74, 6) is -0.451. The number of amides is 1. The maximum absolute atomic E-state index is 11.8. The van der Waals surface area contributed by atoms with Gasteiger partial charge in [-0.25, -0.2) is 4.98 Å². The van der Waals surface area contributed by atoms with Gasteiger partial charge in [-0.1, -0.05) is 30.7 Å². The predicted octanol–water partition coefficient (Wildman–Crippen LogP) is 1.99. The smallest absolute Gasteiger partial charge is 0.235 e. The Bertz CT molecular complexity index is 411. The molecule has 1 amide bonds. The van der Waals surface area contributed by atoms with Crippen molar-refractivity contribution >= 4 is 40.5 Å². The van der Waals surface area contributed by atoms with E-state index in [0.717, 1.165) is 0 Å². The molecule has 1 aromatic rings. The van der Waals surface area contributed by atoms with Gasteiger partial charge in [-0.05, 0) is 18.6 Å². The highest BCUT2D eigenvalue weighted by Gasteiger charge is 2.20. The van der Waals surface area contributed by atoms with E-state index in [-0.39, 0.29) is 10.9 Å². The zero-order valence-corrected chi connectivity index (χ0v) is 10.3. The first-order valence-corrected chi connectivity index (χ1v) is 5.55. The van der Waals surface area contributed by atoms with Crippen molar-refractivity contribution in [3.63, 3.8) is 0 Å². The molecule has 0 aliphatic rings. The number of hydrogen-bond acceptors (Lipinski definition) is 3. The molecule has 0 radical (unpaired) electrons. The highest BCUT2D eigenvalue weighted by atomic mass is 35.5. The van der Waals surface area contributed by atoms with E-state index >= 15 is 0 Å². The van der Waals surface area contributed by atoms with Crippen LogP contribution in [0.5, 0.6) is 0 Å². The van der Waals surface area contributed by atoms with E-state index in [2.05, 4.69) is 10.3 Å². The summed E-state index contributed by atoms with van der Waals surface area (Å²) >= 11 is 10.7. The van der Waals surface area contributed by atoms with Gasteiger partial charge in [0.05, 0.1) is 15.9 Å². The van der Waals surface area contributed by atoms with Crippen molar-refractivity contribution in [3.05, 3.63) is 23.4 Å². The molecule has 0 saturated heterocycles. The van der Waals surface area contributed by atoms with Gasteiger partial charge in [0, 0.05) is 6.20 Å². The molecule has 0 saturated carbocycles. The lowest BCUT2D eigenvalue weighted by Crippen LogP contribution is -2.32. The van der Waals surface area contributed by atoms with Gasteiger partial charge in [0.15, 0.2) is 5.82 Å². The molecule has 1 unspecified atom stereocenters. The van der Waals surface area contributed by atoms with E-state index in [0.29, 0.717) is 17.3 Å². The zero-order valence-electron chi connectivity index (χ0n) is 8.74. The molecule has 4 nitrogen and oxygen atoms in total. The molecule has 1 aromatic heterocycles. The normalized spacial score (nSPS) is 11.9. The number of nitrogens with zero attached hydrogens (tertiary/aromatic N) is 1. The quantitative estimate of drug-likeness (QED) is 0.810. The van der Waals surface area contributed by atoms with Crippen LogP contribution in [-0.4, -0.2) is 15.9 Å². The lowest BCUT2D eigenvalue weighted by molar-refractivity contribution is -0.118. The van der Waals surface area contributed by atoms with Crippen LogP contribution < -0.4 is 11.1 Å². The Balaban J connectivity index is 2.78.